The molecule has 0 aliphatic carbocycles. The molecule has 1 aliphatic heterocycles. The molecule has 1 unspecified atom stereocenters. The van der Waals surface area contributed by atoms with Crippen LogP contribution in [0.1, 0.15) is 6.92 Å². The fourth-order valence-electron chi connectivity index (χ4n) is 0.962. The van der Waals surface area contributed by atoms with E-state index >= 15 is 0 Å². The lowest BCUT2D eigenvalue weighted by molar-refractivity contribution is 0.0204. The van der Waals surface area contributed by atoms with Gasteiger partial charge in [0.2, 0.25) is 0 Å². The molecule has 3 nitrogen and oxygen atoms in total. The largest absolute Gasteiger partial charge is 0.356 e. The Morgan fingerprint density at radius 3 is 3.25 bits per heavy atom. The van der Waals surface area contributed by atoms with E-state index in [1.165, 1.54) is 0 Å². The summed E-state index contributed by atoms with van der Waals surface area (Å²) >= 11 is 6.72. The van der Waals surface area contributed by atoms with E-state index < -0.39 is 0 Å². The second-order valence-corrected chi connectivity index (χ2v) is 4.37. The molecule has 2 N–H and O–H groups in total. The number of hydrogen-bond donors (Lipinski definition) is 2. The summed E-state index contributed by atoms with van der Waals surface area (Å²) in [6, 6.07) is 0. The van der Waals surface area contributed by atoms with Crippen LogP contribution >= 0.6 is 24.0 Å². The van der Waals surface area contributed by atoms with Gasteiger partial charge >= 0.3 is 0 Å². The van der Waals surface area contributed by atoms with Gasteiger partial charge in [-0.05, 0) is 5.75 Å². The zero-order valence-corrected chi connectivity index (χ0v) is 8.76. The zero-order chi connectivity index (χ0) is 8.81. The monoisotopic (exact) mass is 206 g/mol. The van der Waals surface area contributed by atoms with Gasteiger partial charge in [-0.3, -0.25) is 0 Å². The van der Waals surface area contributed by atoms with Crippen LogP contribution < -0.4 is 10.6 Å². The molecule has 1 heterocycles. The number of nitrogens with one attached hydrogen (secondary N) is 2. The molecule has 0 radical (unpaired) electrons. The lowest BCUT2D eigenvalue weighted by atomic mass is 10.4. The van der Waals surface area contributed by atoms with Crippen molar-refractivity contribution in [2.45, 2.75) is 13.2 Å². The molecule has 1 atom stereocenters. The summed E-state index contributed by atoms with van der Waals surface area (Å²) < 4.78 is 6.25. The Bertz CT molecular complexity index is 148. The van der Waals surface area contributed by atoms with Gasteiger partial charge in [0, 0.05) is 13.1 Å². The third-order valence-corrected chi connectivity index (χ3v) is 2.62. The van der Waals surface area contributed by atoms with Gasteiger partial charge < -0.3 is 15.4 Å². The first kappa shape index (κ1) is 10.2. The van der Waals surface area contributed by atoms with E-state index in [9.17, 15) is 0 Å². The number of ether oxygens (including phenoxy) is 1. The lowest BCUT2D eigenvalue weighted by Crippen LogP contribution is -2.47. The molecule has 70 valence electrons. The van der Waals surface area contributed by atoms with Crippen molar-refractivity contribution in [3.63, 3.8) is 0 Å². The van der Waals surface area contributed by atoms with Crippen molar-refractivity contribution < 1.29 is 4.74 Å². The summed E-state index contributed by atoms with van der Waals surface area (Å²) in [5.41, 5.74) is 0. The number of morpholine rings is 1. The van der Waals surface area contributed by atoms with Gasteiger partial charge in [0.05, 0.1) is 6.61 Å². The summed E-state index contributed by atoms with van der Waals surface area (Å²) in [6.45, 7) is 4.62. The third kappa shape index (κ3) is 3.71. The minimum atomic E-state index is 0.0605. The predicted octanol–water partition coefficient (Wildman–Crippen LogP) is 0.560. The minimum absolute atomic E-state index is 0.0605. The average Bonchev–Trinajstić information content (AvgIpc) is 2.06. The lowest BCUT2D eigenvalue weighted by Gasteiger charge is -2.25. The molecule has 1 fully saturated rings. The molecule has 0 aromatic heterocycles. The molecule has 0 aromatic carbocycles. The maximum atomic E-state index is 5.42. The highest BCUT2D eigenvalue weighted by atomic mass is 32.2. The van der Waals surface area contributed by atoms with Crippen molar-refractivity contribution in [2.24, 2.45) is 0 Å². The summed E-state index contributed by atoms with van der Waals surface area (Å²) in [4.78, 5) is 0. The van der Waals surface area contributed by atoms with Gasteiger partial charge in [0.25, 0.3) is 0 Å². The van der Waals surface area contributed by atoms with E-state index in [0.29, 0.717) is 0 Å². The summed E-state index contributed by atoms with van der Waals surface area (Å²) in [6.07, 6.45) is 0.0605. The Balaban J connectivity index is 2.15. The van der Waals surface area contributed by atoms with Crippen LogP contribution in [0.4, 0.5) is 0 Å². The smallest absolute Gasteiger partial charge is 0.141 e. The topological polar surface area (TPSA) is 33.3 Å². The molecule has 5 heteroatoms. The van der Waals surface area contributed by atoms with Crippen molar-refractivity contribution in [1.82, 2.24) is 10.6 Å². The van der Waals surface area contributed by atoms with Crippen LogP contribution in [0, 0.1) is 0 Å². The van der Waals surface area contributed by atoms with E-state index in [4.69, 9.17) is 17.0 Å². The van der Waals surface area contributed by atoms with Gasteiger partial charge in [-0.25, -0.2) is 0 Å². The van der Waals surface area contributed by atoms with E-state index in [1.54, 1.807) is 11.8 Å². The van der Waals surface area contributed by atoms with Crippen LogP contribution in [0.3, 0.4) is 0 Å². The second-order valence-electron chi connectivity index (χ2n) is 2.43. The van der Waals surface area contributed by atoms with E-state index in [2.05, 4.69) is 17.6 Å². The summed E-state index contributed by atoms with van der Waals surface area (Å²) in [5, 5.41) is 6.36. The average molecular weight is 206 g/mol. The van der Waals surface area contributed by atoms with Gasteiger partial charge in [-0.1, -0.05) is 30.9 Å². The summed E-state index contributed by atoms with van der Waals surface area (Å²) in [5.74, 6) is 1.01. The highest BCUT2D eigenvalue weighted by Crippen LogP contribution is 2.02. The molecule has 12 heavy (non-hydrogen) atoms. The van der Waals surface area contributed by atoms with Crippen LogP contribution in [0.2, 0.25) is 0 Å². The minimum Gasteiger partial charge on any atom is -0.356 e. The van der Waals surface area contributed by atoms with Crippen molar-refractivity contribution in [2.75, 3.05) is 25.4 Å². The van der Waals surface area contributed by atoms with Gasteiger partial charge in [-0.2, -0.15) is 0 Å². The van der Waals surface area contributed by atoms with Crippen molar-refractivity contribution >= 4 is 28.3 Å². The van der Waals surface area contributed by atoms with Crippen LogP contribution in [-0.2, 0) is 4.74 Å². The standard InChI is InChI=1S/C7H14N2OS2/c1-2-12-7(11)9-6-5-8-3-4-10-6/h6,8H,2-5H2,1H3,(H,9,11). The first-order valence-electron chi connectivity index (χ1n) is 4.08. The number of thioether (sulfide) groups is 1. The van der Waals surface area contributed by atoms with E-state index in [-0.39, 0.29) is 6.23 Å². The quantitative estimate of drug-likeness (QED) is 0.645. The Morgan fingerprint density at radius 2 is 2.67 bits per heavy atom. The molecule has 0 amide bonds. The van der Waals surface area contributed by atoms with Crippen LogP contribution in [0.5, 0.6) is 0 Å². The molecule has 0 bridgehead atoms. The molecule has 0 spiro atoms. The molecule has 0 aromatic rings. The summed E-state index contributed by atoms with van der Waals surface area (Å²) in [7, 11) is 0. The van der Waals surface area contributed by atoms with Crippen LogP contribution in [0.25, 0.3) is 0 Å². The molecule has 1 saturated heterocycles. The van der Waals surface area contributed by atoms with Crippen LogP contribution in [-0.4, -0.2) is 36.0 Å². The van der Waals surface area contributed by atoms with Crippen LogP contribution in [0.15, 0.2) is 0 Å². The first-order valence-corrected chi connectivity index (χ1v) is 5.48. The molecular formula is C7H14N2OS2. The van der Waals surface area contributed by atoms with Gasteiger partial charge in [0.15, 0.2) is 0 Å². The Hall–Kier alpha value is 0.160. The zero-order valence-electron chi connectivity index (χ0n) is 7.13. The fraction of sp³-hybridized carbons (Fsp3) is 0.857. The number of thiocarbonyl (C=S) groups is 1. The maximum Gasteiger partial charge on any atom is 0.141 e. The molecule has 1 aliphatic rings. The first-order chi connectivity index (χ1) is 5.83. The Morgan fingerprint density at radius 1 is 1.83 bits per heavy atom. The highest BCUT2D eigenvalue weighted by Gasteiger charge is 2.13. The van der Waals surface area contributed by atoms with Gasteiger partial charge in [0.1, 0.15) is 10.5 Å². The SMILES string of the molecule is CCSC(=S)NC1CNCCO1. The fourth-order valence-corrected chi connectivity index (χ4v) is 1.92. The molecule has 1 rings (SSSR count). The molecule has 0 saturated carbocycles. The third-order valence-electron chi connectivity index (χ3n) is 1.48. The van der Waals surface area contributed by atoms with Crippen molar-refractivity contribution in [1.29, 1.82) is 0 Å². The predicted molar refractivity (Wildman–Crippen MR) is 56.5 cm³/mol. The highest BCUT2D eigenvalue weighted by molar-refractivity contribution is 8.22. The van der Waals surface area contributed by atoms with Crippen molar-refractivity contribution in [3.8, 4) is 0 Å². The number of hydrogen-bond acceptors (Lipinski definition) is 4. The Kier molecular flexibility index (Phi) is 4.90. The number of rotatable bonds is 2. The second kappa shape index (κ2) is 5.75. The van der Waals surface area contributed by atoms with E-state index in [0.717, 1.165) is 29.8 Å². The normalized spacial score (nSPS) is 23.6. The molecular weight excluding hydrogens is 192 g/mol. The van der Waals surface area contributed by atoms with Gasteiger partial charge in [-0.15, -0.1) is 0 Å². The van der Waals surface area contributed by atoms with E-state index in [1.807, 2.05) is 0 Å². The maximum absolute atomic E-state index is 5.42. The Labute approximate surface area is 82.6 Å². The van der Waals surface area contributed by atoms with Crippen molar-refractivity contribution in [3.05, 3.63) is 0 Å².